The molecule has 1 aliphatic heterocycles. The van der Waals surface area contributed by atoms with Crippen molar-refractivity contribution in [3.05, 3.63) is 18.0 Å². The van der Waals surface area contributed by atoms with Crippen LogP contribution in [-0.4, -0.2) is 28.9 Å². The third-order valence-corrected chi connectivity index (χ3v) is 1.98. The average molecular weight is 182 g/mol. The molecule has 2 rings (SSSR count). The Morgan fingerprint density at radius 1 is 1.77 bits per heavy atom. The molecule has 6 heteroatoms. The van der Waals surface area contributed by atoms with Crippen molar-refractivity contribution in [2.75, 3.05) is 13.2 Å². The van der Waals surface area contributed by atoms with Crippen molar-refractivity contribution in [3.63, 3.8) is 0 Å². The van der Waals surface area contributed by atoms with E-state index in [4.69, 9.17) is 16.0 Å². The molecule has 0 bridgehead atoms. The van der Waals surface area contributed by atoms with Crippen LogP contribution in [0.3, 0.4) is 0 Å². The minimum absolute atomic E-state index is 0.0773. The van der Waals surface area contributed by atoms with Crippen LogP contribution in [0.25, 0.3) is 0 Å². The lowest BCUT2D eigenvalue weighted by atomic mass is 10.3. The lowest BCUT2D eigenvalue weighted by molar-refractivity contribution is -0.0286. The van der Waals surface area contributed by atoms with E-state index in [2.05, 4.69) is 9.94 Å². The standard InChI is InChI=1S/C7H10N4O2/c8-7(13-9)5-1-10-11(2-5)6-3-12-4-6/h1-2,6,8H,3-4,9H2. The Morgan fingerprint density at radius 3 is 3.08 bits per heavy atom. The van der Waals surface area contributed by atoms with Gasteiger partial charge in [0.15, 0.2) is 0 Å². The molecule has 6 nitrogen and oxygen atoms in total. The van der Waals surface area contributed by atoms with Crippen LogP contribution in [-0.2, 0) is 9.57 Å². The summed E-state index contributed by atoms with van der Waals surface area (Å²) in [7, 11) is 0. The van der Waals surface area contributed by atoms with Gasteiger partial charge in [0.2, 0.25) is 5.90 Å². The first-order valence-corrected chi connectivity index (χ1v) is 3.89. The van der Waals surface area contributed by atoms with Gasteiger partial charge in [-0.25, -0.2) is 0 Å². The quantitative estimate of drug-likeness (QED) is 0.372. The number of hydrogen-bond acceptors (Lipinski definition) is 5. The second-order valence-corrected chi connectivity index (χ2v) is 2.85. The molecule has 0 aromatic carbocycles. The van der Waals surface area contributed by atoms with Crippen LogP contribution in [0.15, 0.2) is 12.4 Å². The molecule has 1 saturated heterocycles. The fraction of sp³-hybridized carbons (Fsp3) is 0.429. The van der Waals surface area contributed by atoms with E-state index < -0.39 is 0 Å². The van der Waals surface area contributed by atoms with Crippen molar-refractivity contribution in [3.8, 4) is 0 Å². The monoisotopic (exact) mass is 182 g/mol. The van der Waals surface area contributed by atoms with Crippen molar-refractivity contribution in [1.82, 2.24) is 9.78 Å². The minimum Gasteiger partial charge on any atom is -0.391 e. The molecule has 0 aliphatic carbocycles. The van der Waals surface area contributed by atoms with Gasteiger partial charge in [-0.05, 0) is 0 Å². The molecular formula is C7H10N4O2. The van der Waals surface area contributed by atoms with Crippen LogP contribution in [0.5, 0.6) is 0 Å². The van der Waals surface area contributed by atoms with Crippen LogP contribution in [0.4, 0.5) is 0 Å². The predicted molar refractivity (Wildman–Crippen MR) is 44.2 cm³/mol. The smallest absolute Gasteiger partial charge is 0.240 e. The molecule has 0 spiro atoms. The zero-order valence-corrected chi connectivity index (χ0v) is 6.93. The molecule has 1 aromatic heterocycles. The zero-order chi connectivity index (χ0) is 9.26. The maximum atomic E-state index is 7.28. The normalized spacial score (nSPS) is 16.7. The van der Waals surface area contributed by atoms with Gasteiger partial charge in [-0.3, -0.25) is 10.1 Å². The summed E-state index contributed by atoms with van der Waals surface area (Å²) in [5, 5.41) is 11.3. The third kappa shape index (κ3) is 1.41. The summed E-state index contributed by atoms with van der Waals surface area (Å²) < 4.78 is 6.77. The van der Waals surface area contributed by atoms with Crippen LogP contribution in [0.1, 0.15) is 11.6 Å². The van der Waals surface area contributed by atoms with Crippen molar-refractivity contribution in [2.45, 2.75) is 6.04 Å². The zero-order valence-electron chi connectivity index (χ0n) is 6.93. The number of nitrogens with zero attached hydrogens (tertiary/aromatic N) is 2. The van der Waals surface area contributed by atoms with E-state index in [0.717, 1.165) is 0 Å². The van der Waals surface area contributed by atoms with Crippen molar-refractivity contribution in [2.24, 2.45) is 5.90 Å². The van der Waals surface area contributed by atoms with E-state index in [0.29, 0.717) is 24.8 Å². The Kier molecular flexibility index (Phi) is 1.99. The minimum atomic E-state index is -0.0773. The number of nitrogens with two attached hydrogens (primary N) is 1. The molecule has 70 valence electrons. The number of ether oxygens (including phenoxy) is 1. The first-order chi connectivity index (χ1) is 6.31. The molecule has 3 N–H and O–H groups in total. The van der Waals surface area contributed by atoms with Gasteiger partial charge in [-0.2, -0.15) is 11.0 Å². The first kappa shape index (κ1) is 8.21. The Bertz CT molecular complexity index is 318. The summed E-state index contributed by atoms with van der Waals surface area (Å²) in [4.78, 5) is 4.28. The van der Waals surface area contributed by atoms with E-state index in [-0.39, 0.29) is 5.90 Å². The van der Waals surface area contributed by atoms with E-state index in [9.17, 15) is 0 Å². The maximum Gasteiger partial charge on any atom is 0.240 e. The second-order valence-electron chi connectivity index (χ2n) is 2.85. The van der Waals surface area contributed by atoms with Crippen molar-refractivity contribution >= 4 is 5.90 Å². The Morgan fingerprint density at radius 2 is 2.54 bits per heavy atom. The number of aromatic nitrogens is 2. The Balaban J connectivity index is 2.12. The highest BCUT2D eigenvalue weighted by molar-refractivity contribution is 5.90. The van der Waals surface area contributed by atoms with Crippen LogP contribution in [0, 0.1) is 5.41 Å². The molecule has 2 heterocycles. The second kappa shape index (κ2) is 3.15. The predicted octanol–water partition coefficient (Wildman–Crippen LogP) is -0.330. The molecular weight excluding hydrogens is 172 g/mol. The lowest BCUT2D eigenvalue weighted by Crippen LogP contribution is -2.30. The van der Waals surface area contributed by atoms with Gasteiger partial charge in [0, 0.05) is 6.20 Å². The number of nitrogens with one attached hydrogen (secondary N) is 1. The van der Waals surface area contributed by atoms with Crippen molar-refractivity contribution < 1.29 is 9.57 Å². The highest BCUT2D eigenvalue weighted by atomic mass is 16.6. The van der Waals surface area contributed by atoms with Crippen LogP contribution < -0.4 is 5.90 Å². The van der Waals surface area contributed by atoms with Crippen LogP contribution >= 0.6 is 0 Å². The largest absolute Gasteiger partial charge is 0.391 e. The molecule has 0 amide bonds. The summed E-state index contributed by atoms with van der Waals surface area (Å²) in [6.07, 6.45) is 3.27. The first-order valence-electron chi connectivity index (χ1n) is 3.89. The van der Waals surface area contributed by atoms with E-state index in [1.54, 1.807) is 17.1 Å². The molecule has 1 fully saturated rings. The van der Waals surface area contributed by atoms with E-state index in [1.165, 1.54) is 0 Å². The van der Waals surface area contributed by atoms with Crippen LogP contribution in [0.2, 0.25) is 0 Å². The molecule has 1 aromatic rings. The summed E-state index contributed by atoms with van der Waals surface area (Å²) in [6.45, 7) is 1.36. The average Bonchev–Trinajstić information content (AvgIpc) is 2.49. The van der Waals surface area contributed by atoms with Gasteiger partial charge in [0.05, 0.1) is 31.0 Å². The maximum absolute atomic E-state index is 7.28. The molecule has 0 radical (unpaired) electrons. The molecule has 0 unspecified atom stereocenters. The molecule has 1 aliphatic rings. The van der Waals surface area contributed by atoms with Gasteiger partial charge in [-0.1, -0.05) is 0 Å². The van der Waals surface area contributed by atoms with Gasteiger partial charge >= 0.3 is 0 Å². The molecule has 0 saturated carbocycles. The molecule has 0 atom stereocenters. The Labute approximate surface area is 74.7 Å². The topological polar surface area (TPSA) is 86.1 Å². The van der Waals surface area contributed by atoms with Gasteiger partial charge in [0.25, 0.3) is 0 Å². The number of rotatable bonds is 2. The Hall–Kier alpha value is -1.40. The fourth-order valence-corrected chi connectivity index (χ4v) is 1.10. The summed E-state index contributed by atoms with van der Waals surface area (Å²) in [5.41, 5.74) is 0.578. The SMILES string of the molecule is N=C(ON)c1cnn(C2COC2)c1. The molecule has 13 heavy (non-hydrogen) atoms. The van der Waals surface area contributed by atoms with E-state index in [1.807, 2.05) is 0 Å². The van der Waals surface area contributed by atoms with Gasteiger partial charge < -0.3 is 9.57 Å². The summed E-state index contributed by atoms with van der Waals surface area (Å²) >= 11 is 0. The highest BCUT2D eigenvalue weighted by Gasteiger charge is 2.21. The van der Waals surface area contributed by atoms with Gasteiger partial charge in [0.1, 0.15) is 0 Å². The third-order valence-electron chi connectivity index (χ3n) is 1.98. The fourth-order valence-electron chi connectivity index (χ4n) is 1.10. The van der Waals surface area contributed by atoms with Crippen molar-refractivity contribution in [1.29, 1.82) is 5.41 Å². The highest BCUT2D eigenvalue weighted by Crippen LogP contribution is 2.16. The van der Waals surface area contributed by atoms with E-state index >= 15 is 0 Å². The van der Waals surface area contributed by atoms with Gasteiger partial charge in [-0.15, -0.1) is 0 Å². The number of hydrogen-bond donors (Lipinski definition) is 2. The summed E-state index contributed by atoms with van der Waals surface area (Å²) in [6, 6.07) is 0.291. The lowest BCUT2D eigenvalue weighted by Gasteiger charge is -2.25. The summed E-state index contributed by atoms with van der Waals surface area (Å²) in [5.74, 6) is 4.77.